The summed E-state index contributed by atoms with van der Waals surface area (Å²) >= 11 is 0. The lowest BCUT2D eigenvalue weighted by Gasteiger charge is -2.12. The number of nitrogens with zero attached hydrogens (tertiary/aromatic N) is 5. The summed E-state index contributed by atoms with van der Waals surface area (Å²) in [5, 5.41) is 2.07. The third-order valence-electron chi connectivity index (χ3n) is 11.0. The fourth-order valence-electron chi connectivity index (χ4n) is 7.88. The predicted octanol–water partition coefficient (Wildman–Crippen LogP) is 13.9. The van der Waals surface area contributed by atoms with E-state index in [1.165, 1.54) is 5.56 Å². The quantitative estimate of drug-likeness (QED) is 0.153. The second-order valence-electron chi connectivity index (χ2n) is 14.9. The summed E-state index contributed by atoms with van der Waals surface area (Å²) in [5.41, 5.74) is 13.2. The van der Waals surface area contributed by atoms with E-state index < -0.39 is 0 Å². The topological polar surface area (TPSA) is 77.6 Å². The van der Waals surface area contributed by atoms with Crippen molar-refractivity contribution in [3.8, 4) is 90.3 Å². The molecule has 0 bridgehead atoms. The molecular formula is C55H35N5O. The summed E-state index contributed by atoms with van der Waals surface area (Å²) in [7, 11) is 0. The zero-order valence-electron chi connectivity index (χ0n) is 32.9. The van der Waals surface area contributed by atoms with Crippen molar-refractivity contribution < 1.29 is 4.42 Å². The van der Waals surface area contributed by atoms with Gasteiger partial charge in [0.05, 0.1) is 17.0 Å². The molecule has 3 heterocycles. The molecule has 0 radical (unpaired) electrons. The summed E-state index contributed by atoms with van der Waals surface area (Å²) < 4.78 is 6.43. The molecule has 11 rings (SSSR count). The van der Waals surface area contributed by atoms with E-state index >= 15 is 0 Å². The molecule has 0 atom stereocenters. The smallest absolute Gasteiger partial charge is 0.167 e. The Labute approximate surface area is 352 Å². The van der Waals surface area contributed by atoms with Crippen LogP contribution in [-0.2, 0) is 0 Å². The highest BCUT2D eigenvalue weighted by Gasteiger charge is 2.18. The van der Waals surface area contributed by atoms with Crippen LogP contribution in [0.4, 0.5) is 0 Å². The summed E-state index contributed by atoms with van der Waals surface area (Å²) in [6.07, 6.45) is 0. The number of para-hydroxylation sites is 2. The van der Waals surface area contributed by atoms with Gasteiger partial charge in [-0.15, -0.1) is 0 Å². The molecule has 0 unspecified atom stereocenters. The number of aromatic nitrogens is 5. The highest BCUT2D eigenvalue weighted by Crippen LogP contribution is 2.37. The molecule has 3 aromatic heterocycles. The minimum Gasteiger partial charge on any atom is -0.455 e. The number of furan rings is 1. The van der Waals surface area contributed by atoms with E-state index in [2.05, 4.69) is 127 Å². The van der Waals surface area contributed by atoms with Crippen LogP contribution < -0.4 is 0 Å². The van der Waals surface area contributed by atoms with E-state index in [4.69, 9.17) is 29.3 Å². The fraction of sp³-hybridized carbons (Fsp3) is 0. The van der Waals surface area contributed by atoms with Gasteiger partial charge < -0.3 is 4.42 Å². The molecule has 0 aliphatic heterocycles. The van der Waals surface area contributed by atoms with Gasteiger partial charge in [0.2, 0.25) is 0 Å². The Bertz CT molecular complexity index is 3350. The van der Waals surface area contributed by atoms with Gasteiger partial charge in [-0.2, -0.15) is 0 Å². The van der Waals surface area contributed by atoms with E-state index in [1.807, 2.05) is 84.9 Å². The summed E-state index contributed by atoms with van der Waals surface area (Å²) in [6, 6.07) is 72.3. The Kier molecular flexibility index (Phi) is 9.06. The molecule has 0 aliphatic carbocycles. The third-order valence-corrected chi connectivity index (χ3v) is 11.0. The molecular weight excluding hydrogens is 747 g/mol. The monoisotopic (exact) mass is 781 g/mol. The van der Waals surface area contributed by atoms with Gasteiger partial charge in [-0.3, -0.25) is 0 Å². The predicted molar refractivity (Wildman–Crippen MR) is 246 cm³/mol. The first-order chi connectivity index (χ1) is 30.2. The molecule has 0 amide bonds. The number of hydrogen-bond acceptors (Lipinski definition) is 6. The first-order valence-electron chi connectivity index (χ1n) is 20.2. The normalized spacial score (nSPS) is 11.3. The molecule has 0 saturated heterocycles. The number of rotatable bonds is 8. The van der Waals surface area contributed by atoms with Gasteiger partial charge in [-0.25, -0.2) is 24.9 Å². The second kappa shape index (κ2) is 15.4. The van der Waals surface area contributed by atoms with E-state index in [0.717, 1.165) is 83.4 Å². The van der Waals surface area contributed by atoms with Gasteiger partial charge in [0.15, 0.2) is 23.3 Å². The molecule has 286 valence electrons. The Morgan fingerprint density at radius 2 is 0.705 bits per heavy atom. The minimum atomic E-state index is 0.546. The van der Waals surface area contributed by atoms with Crippen molar-refractivity contribution in [2.24, 2.45) is 0 Å². The lowest BCUT2D eigenvalue weighted by Crippen LogP contribution is -2.00. The molecule has 61 heavy (non-hydrogen) atoms. The maximum atomic E-state index is 6.43. The van der Waals surface area contributed by atoms with Crippen molar-refractivity contribution in [1.29, 1.82) is 0 Å². The van der Waals surface area contributed by atoms with Crippen LogP contribution in [0.25, 0.3) is 112 Å². The molecule has 0 N–H and O–H groups in total. The van der Waals surface area contributed by atoms with Gasteiger partial charge in [0, 0.05) is 38.6 Å². The van der Waals surface area contributed by atoms with Crippen LogP contribution in [0.15, 0.2) is 217 Å². The van der Waals surface area contributed by atoms with Crippen molar-refractivity contribution in [2.45, 2.75) is 0 Å². The van der Waals surface area contributed by atoms with Gasteiger partial charge >= 0.3 is 0 Å². The van der Waals surface area contributed by atoms with Crippen LogP contribution in [0.3, 0.4) is 0 Å². The number of fused-ring (bicyclic) bond motifs is 3. The first kappa shape index (κ1) is 35.8. The minimum absolute atomic E-state index is 0.546. The summed E-state index contributed by atoms with van der Waals surface area (Å²) in [6.45, 7) is 0. The zero-order chi connectivity index (χ0) is 40.5. The van der Waals surface area contributed by atoms with Gasteiger partial charge in [0.25, 0.3) is 0 Å². The fourth-order valence-corrected chi connectivity index (χ4v) is 7.88. The van der Waals surface area contributed by atoms with Crippen LogP contribution in [0.2, 0.25) is 0 Å². The average molecular weight is 782 g/mol. The molecule has 0 spiro atoms. The van der Waals surface area contributed by atoms with Gasteiger partial charge in [-0.05, 0) is 52.6 Å². The Hall–Kier alpha value is -8.35. The number of benzene rings is 8. The number of hydrogen-bond donors (Lipinski definition) is 0. The first-order valence-corrected chi connectivity index (χ1v) is 20.2. The highest BCUT2D eigenvalue weighted by atomic mass is 16.3. The van der Waals surface area contributed by atoms with Gasteiger partial charge in [-0.1, -0.05) is 182 Å². The second-order valence-corrected chi connectivity index (χ2v) is 14.9. The van der Waals surface area contributed by atoms with E-state index in [-0.39, 0.29) is 0 Å². The summed E-state index contributed by atoms with van der Waals surface area (Å²) in [5.74, 6) is 2.37. The van der Waals surface area contributed by atoms with E-state index in [0.29, 0.717) is 23.3 Å². The maximum Gasteiger partial charge on any atom is 0.167 e. The lowest BCUT2D eigenvalue weighted by molar-refractivity contribution is 0.669. The van der Waals surface area contributed by atoms with Crippen molar-refractivity contribution in [2.75, 3.05) is 0 Å². The molecule has 0 fully saturated rings. The Morgan fingerprint density at radius 3 is 1.43 bits per heavy atom. The highest BCUT2D eigenvalue weighted by molar-refractivity contribution is 6.09. The van der Waals surface area contributed by atoms with E-state index in [9.17, 15) is 0 Å². The summed E-state index contributed by atoms with van der Waals surface area (Å²) in [4.78, 5) is 25.4. The SMILES string of the molecule is c1ccc(-c2ccc(-c3nc(-c4ccccc4)cc(-c4cccc(-c5cccc(-c6nc(-c7ccccc7)nc(-c7cccc8c7oc7ccccc78)n6)c5)c4)n3)cc2)cc1. The third kappa shape index (κ3) is 7.02. The average Bonchev–Trinajstić information content (AvgIpc) is 3.74. The molecule has 11 aromatic rings. The molecule has 6 heteroatoms. The molecule has 8 aromatic carbocycles. The van der Waals surface area contributed by atoms with Gasteiger partial charge in [0.1, 0.15) is 11.2 Å². The van der Waals surface area contributed by atoms with Crippen molar-refractivity contribution >= 4 is 21.9 Å². The lowest BCUT2D eigenvalue weighted by atomic mass is 9.99. The zero-order valence-corrected chi connectivity index (χ0v) is 32.9. The van der Waals surface area contributed by atoms with E-state index in [1.54, 1.807) is 0 Å². The molecule has 0 aliphatic rings. The van der Waals surface area contributed by atoms with Crippen molar-refractivity contribution in [3.05, 3.63) is 212 Å². The standard InChI is InChI=1S/C55H35N5O/c1-4-15-36(16-5-1)37-29-31-40(32-30-37)52-56-48(38-17-6-2-7-18-38)35-49(57-52)43-23-12-21-41(33-43)42-22-13-24-44(34-42)54-58-53(39-19-8-3-9-20-39)59-55(60-54)47-27-14-26-46-45-25-10-11-28-50(45)61-51(46)47/h1-35H. The van der Waals surface area contributed by atoms with Crippen LogP contribution >= 0.6 is 0 Å². The molecule has 6 nitrogen and oxygen atoms in total. The van der Waals surface area contributed by atoms with Crippen LogP contribution in [0.1, 0.15) is 0 Å². The van der Waals surface area contributed by atoms with Crippen LogP contribution in [0, 0.1) is 0 Å². The van der Waals surface area contributed by atoms with Crippen molar-refractivity contribution in [3.63, 3.8) is 0 Å². The maximum absolute atomic E-state index is 6.43. The Morgan fingerprint density at radius 1 is 0.262 bits per heavy atom. The van der Waals surface area contributed by atoms with Crippen LogP contribution in [-0.4, -0.2) is 24.9 Å². The Balaban J connectivity index is 0.992. The van der Waals surface area contributed by atoms with Crippen LogP contribution in [0.5, 0.6) is 0 Å². The largest absolute Gasteiger partial charge is 0.455 e. The van der Waals surface area contributed by atoms with Crippen molar-refractivity contribution in [1.82, 2.24) is 24.9 Å². The molecule has 0 saturated carbocycles.